The van der Waals surface area contributed by atoms with Gasteiger partial charge < -0.3 is 15.2 Å². The van der Waals surface area contributed by atoms with E-state index < -0.39 is 16.6 Å². The first-order chi connectivity index (χ1) is 10.3. The number of nitro groups is 1. The van der Waals surface area contributed by atoms with Crippen molar-refractivity contribution in [1.82, 2.24) is 4.98 Å². The van der Waals surface area contributed by atoms with Gasteiger partial charge in [0, 0.05) is 17.0 Å². The van der Waals surface area contributed by atoms with Crippen molar-refractivity contribution in [2.75, 3.05) is 25.3 Å². The molecule has 0 aliphatic carbocycles. The maximum absolute atomic E-state index is 11.7. The number of aryl methyl sites for hydroxylation is 1. The zero-order valence-electron chi connectivity index (χ0n) is 12.8. The van der Waals surface area contributed by atoms with Crippen LogP contribution in [0.2, 0.25) is 0 Å². The Balaban J connectivity index is 3.31. The molecule has 0 unspecified atom stereocenters. The van der Waals surface area contributed by atoms with Crippen molar-refractivity contribution in [2.24, 2.45) is 0 Å². The van der Waals surface area contributed by atoms with Gasteiger partial charge in [-0.2, -0.15) is 11.8 Å². The predicted molar refractivity (Wildman–Crippen MR) is 84.4 cm³/mol. The molecule has 2 atom stereocenters. The number of methoxy groups -OCH3 is 1. The molecule has 0 saturated carbocycles. The van der Waals surface area contributed by atoms with E-state index in [9.17, 15) is 20.0 Å². The normalized spacial score (nSPS) is 13.3. The van der Waals surface area contributed by atoms with Gasteiger partial charge in [0.25, 0.3) is 0 Å². The second-order valence-electron chi connectivity index (χ2n) is 4.65. The van der Waals surface area contributed by atoms with Gasteiger partial charge in [-0.05, 0) is 26.2 Å². The number of esters is 1. The summed E-state index contributed by atoms with van der Waals surface area (Å²) in [5.41, 5.74) is -0.133. The molecule has 0 aromatic carbocycles. The highest BCUT2D eigenvalue weighted by Crippen LogP contribution is 2.29. The summed E-state index contributed by atoms with van der Waals surface area (Å²) in [4.78, 5) is 26.5. The van der Waals surface area contributed by atoms with E-state index in [0.717, 1.165) is 7.11 Å². The standard InChI is InChI=1S/C13H19N3O5S/c1-7-5-9(13(18)21-3)11(16(19)20)12(14-7)15-8(2)10(6-17)22-4/h5,8,10,17H,6H2,1-4H3,(H,14,15)/t8-,10-/m1/s1. The summed E-state index contributed by atoms with van der Waals surface area (Å²) in [5.74, 6) is -0.804. The van der Waals surface area contributed by atoms with Gasteiger partial charge in [-0.1, -0.05) is 0 Å². The third-order valence-corrected chi connectivity index (χ3v) is 4.28. The number of aliphatic hydroxyl groups excluding tert-OH is 1. The Bertz CT molecular complexity index is 563. The van der Waals surface area contributed by atoms with Gasteiger partial charge >= 0.3 is 11.7 Å². The molecule has 1 aromatic heterocycles. The topological polar surface area (TPSA) is 115 Å². The number of aromatic nitrogens is 1. The molecule has 1 aromatic rings. The van der Waals surface area contributed by atoms with Crippen LogP contribution in [0.4, 0.5) is 11.5 Å². The van der Waals surface area contributed by atoms with Crippen LogP contribution >= 0.6 is 11.8 Å². The summed E-state index contributed by atoms with van der Waals surface area (Å²) in [6.45, 7) is 3.33. The minimum atomic E-state index is -0.795. The fourth-order valence-electron chi connectivity index (χ4n) is 1.96. The third-order valence-electron chi connectivity index (χ3n) is 3.11. The molecule has 0 fully saturated rings. The molecule has 0 amide bonds. The quantitative estimate of drug-likeness (QED) is 0.440. The number of nitrogens with one attached hydrogen (secondary N) is 1. The van der Waals surface area contributed by atoms with Crippen molar-refractivity contribution in [2.45, 2.75) is 25.1 Å². The maximum Gasteiger partial charge on any atom is 0.345 e. The summed E-state index contributed by atoms with van der Waals surface area (Å²) in [6.07, 6.45) is 1.83. The Morgan fingerprint density at radius 2 is 2.27 bits per heavy atom. The molecule has 22 heavy (non-hydrogen) atoms. The van der Waals surface area contributed by atoms with Crippen molar-refractivity contribution in [3.63, 3.8) is 0 Å². The molecule has 1 heterocycles. The van der Waals surface area contributed by atoms with Gasteiger partial charge in [-0.15, -0.1) is 0 Å². The molecular weight excluding hydrogens is 310 g/mol. The lowest BCUT2D eigenvalue weighted by Crippen LogP contribution is -2.31. The average Bonchev–Trinajstić information content (AvgIpc) is 2.46. The van der Waals surface area contributed by atoms with Gasteiger partial charge in [0.1, 0.15) is 5.56 Å². The van der Waals surface area contributed by atoms with E-state index in [1.54, 1.807) is 13.8 Å². The van der Waals surface area contributed by atoms with E-state index in [4.69, 9.17) is 0 Å². The fourth-order valence-corrected chi connectivity index (χ4v) is 2.59. The van der Waals surface area contributed by atoms with Crippen molar-refractivity contribution in [3.8, 4) is 0 Å². The highest BCUT2D eigenvalue weighted by atomic mass is 32.2. The van der Waals surface area contributed by atoms with E-state index >= 15 is 0 Å². The largest absolute Gasteiger partial charge is 0.465 e. The van der Waals surface area contributed by atoms with E-state index in [0.29, 0.717) is 5.69 Å². The number of anilines is 1. The Labute approximate surface area is 132 Å². The van der Waals surface area contributed by atoms with E-state index in [-0.39, 0.29) is 29.3 Å². The van der Waals surface area contributed by atoms with E-state index in [1.165, 1.54) is 17.8 Å². The summed E-state index contributed by atoms with van der Waals surface area (Å²) in [7, 11) is 1.16. The first-order valence-corrected chi connectivity index (χ1v) is 7.79. The second kappa shape index (κ2) is 7.95. The molecule has 0 radical (unpaired) electrons. The van der Waals surface area contributed by atoms with Gasteiger partial charge in [0.2, 0.25) is 5.82 Å². The van der Waals surface area contributed by atoms with Crippen LogP contribution in [-0.4, -0.2) is 52.2 Å². The number of aliphatic hydroxyl groups is 1. The maximum atomic E-state index is 11.7. The predicted octanol–water partition coefficient (Wildman–Crippen LogP) is 1.61. The number of pyridine rings is 1. The van der Waals surface area contributed by atoms with Crippen LogP contribution in [-0.2, 0) is 4.74 Å². The molecule has 122 valence electrons. The number of hydrogen-bond acceptors (Lipinski definition) is 8. The van der Waals surface area contributed by atoms with Crippen molar-refractivity contribution in [1.29, 1.82) is 0 Å². The summed E-state index contributed by atoms with van der Waals surface area (Å²) < 4.78 is 4.59. The van der Waals surface area contributed by atoms with Crippen LogP contribution in [0.5, 0.6) is 0 Å². The lowest BCUT2D eigenvalue weighted by Gasteiger charge is -2.22. The molecule has 1 rings (SSSR count). The molecule has 2 N–H and O–H groups in total. The molecule has 0 saturated heterocycles. The Morgan fingerprint density at radius 1 is 1.64 bits per heavy atom. The molecule has 9 heteroatoms. The number of nitrogens with zero attached hydrogens (tertiary/aromatic N) is 2. The number of ether oxygens (including phenoxy) is 1. The zero-order valence-corrected chi connectivity index (χ0v) is 13.6. The smallest absolute Gasteiger partial charge is 0.345 e. The van der Waals surface area contributed by atoms with Crippen molar-refractivity contribution >= 4 is 29.2 Å². The lowest BCUT2D eigenvalue weighted by atomic mass is 10.1. The summed E-state index contributed by atoms with van der Waals surface area (Å²) in [6, 6.07) is 1.04. The fraction of sp³-hybridized carbons (Fsp3) is 0.538. The molecule has 0 bridgehead atoms. The van der Waals surface area contributed by atoms with Crippen LogP contribution in [0.25, 0.3) is 0 Å². The second-order valence-corrected chi connectivity index (χ2v) is 5.72. The van der Waals surface area contributed by atoms with Crippen molar-refractivity contribution in [3.05, 3.63) is 27.4 Å². The summed E-state index contributed by atoms with van der Waals surface area (Å²) >= 11 is 1.43. The minimum Gasteiger partial charge on any atom is -0.465 e. The monoisotopic (exact) mass is 329 g/mol. The number of thioether (sulfide) groups is 1. The highest BCUT2D eigenvalue weighted by Gasteiger charge is 2.29. The van der Waals surface area contributed by atoms with Crippen LogP contribution < -0.4 is 5.32 Å². The third kappa shape index (κ3) is 4.08. The SMILES string of the molecule is COC(=O)c1cc(C)nc(N[C@H](C)[C@@H](CO)SC)c1[N+](=O)[O-]. The van der Waals surface area contributed by atoms with Crippen LogP contribution in [0.15, 0.2) is 6.07 Å². The van der Waals surface area contributed by atoms with E-state index in [2.05, 4.69) is 15.0 Å². The first-order valence-electron chi connectivity index (χ1n) is 6.50. The molecule has 0 aliphatic heterocycles. The number of carbonyl (C=O) groups is 1. The minimum absolute atomic E-state index is 0.00889. The number of carbonyl (C=O) groups excluding carboxylic acids is 1. The molecule has 0 spiro atoms. The Hall–Kier alpha value is -1.87. The van der Waals surface area contributed by atoms with Gasteiger partial charge in [-0.25, -0.2) is 9.78 Å². The average molecular weight is 329 g/mol. The van der Waals surface area contributed by atoms with Gasteiger partial charge in [0.05, 0.1) is 18.6 Å². The van der Waals surface area contributed by atoms with Gasteiger partial charge in [0.15, 0.2) is 0 Å². The number of hydrogen-bond donors (Lipinski definition) is 2. The van der Waals surface area contributed by atoms with Crippen LogP contribution in [0.3, 0.4) is 0 Å². The first kappa shape index (κ1) is 18.2. The Kier molecular flexibility index (Phi) is 6.57. The molecule has 0 aliphatic rings. The molecule has 8 nitrogen and oxygen atoms in total. The zero-order chi connectivity index (χ0) is 16.9. The summed E-state index contributed by atoms with van der Waals surface area (Å²) in [5, 5.41) is 23.4. The number of rotatable bonds is 7. The van der Waals surface area contributed by atoms with Crippen LogP contribution in [0, 0.1) is 17.0 Å². The van der Waals surface area contributed by atoms with E-state index in [1.807, 2.05) is 6.26 Å². The van der Waals surface area contributed by atoms with Crippen molar-refractivity contribution < 1.29 is 19.6 Å². The highest BCUT2D eigenvalue weighted by molar-refractivity contribution is 7.99. The Morgan fingerprint density at radius 3 is 2.73 bits per heavy atom. The van der Waals surface area contributed by atoms with Gasteiger partial charge in [-0.3, -0.25) is 10.1 Å². The molecular formula is C13H19N3O5S. The lowest BCUT2D eigenvalue weighted by molar-refractivity contribution is -0.384. The van der Waals surface area contributed by atoms with Crippen LogP contribution in [0.1, 0.15) is 23.0 Å².